The molecular formula is C48H35N3. The molecule has 3 heteroatoms. The van der Waals surface area contributed by atoms with Crippen molar-refractivity contribution in [3.63, 3.8) is 0 Å². The van der Waals surface area contributed by atoms with Crippen molar-refractivity contribution < 1.29 is 0 Å². The van der Waals surface area contributed by atoms with E-state index in [0.717, 1.165) is 63.7 Å². The van der Waals surface area contributed by atoms with Gasteiger partial charge in [0, 0.05) is 0 Å². The maximum atomic E-state index is 5.41. The summed E-state index contributed by atoms with van der Waals surface area (Å²) >= 11 is 0. The Balaban J connectivity index is 1.20. The molecule has 6 aromatic carbocycles. The second-order valence-corrected chi connectivity index (χ2v) is 13.8. The predicted molar refractivity (Wildman–Crippen MR) is 210 cm³/mol. The van der Waals surface area contributed by atoms with Crippen LogP contribution in [0.3, 0.4) is 0 Å². The molecule has 242 valence electrons. The van der Waals surface area contributed by atoms with Crippen LogP contribution in [0, 0.1) is 0 Å². The van der Waals surface area contributed by atoms with Crippen molar-refractivity contribution in [1.29, 1.82) is 0 Å². The van der Waals surface area contributed by atoms with E-state index in [1.807, 2.05) is 0 Å². The summed E-state index contributed by atoms with van der Waals surface area (Å²) in [6.45, 7) is 0. The van der Waals surface area contributed by atoms with Crippen molar-refractivity contribution in [3.05, 3.63) is 220 Å². The lowest BCUT2D eigenvalue weighted by Gasteiger charge is -2.22. The first kappa shape index (κ1) is 29.7. The maximum Gasteiger partial charge on any atom is 0.0675 e. The molecule has 0 saturated heterocycles. The van der Waals surface area contributed by atoms with Crippen molar-refractivity contribution in [2.45, 2.75) is 30.6 Å². The lowest BCUT2D eigenvalue weighted by molar-refractivity contribution is 0.976. The zero-order chi connectivity index (χ0) is 33.7. The third-order valence-corrected chi connectivity index (χ3v) is 10.7. The Morgan fingerprint density at radius 2 is 0.784 bits per heavy atom. The molecule has 3 aliphatic heterocycles. The van der Waals surface area contributed by atoms with Gasteiger partial charge >= 0.3 is 0 Å². The number of nitrogens with zero attached hydrogens (tertiary/aromatic N) is 3. The van der Waals surface area contributed by atoms with Gasteiger partial charge in [-0.25, -0.2) is 0 Å². The van der Waals surface area contributed by atoms with E-state index in [4.69, 9.17) is 15.0 Å². The molecule has 3 nitrogen and oxygen atoms in total. The first-order valence-electron chi connectivity index (χ1n) is 18.0. The Hall–Kier alpha value is -6.19. The summed E-state index contributed by atoms with van der Waals surface area (Å²) in [4.78, 5) is 16.2. The molecule has 10 rings (SSSR count). The van der Waals surface area contributed by atoms with Crippen LogP contribution in [0.25, 0.3) is 0 Å². The Bertz CT molecular complexity index is 2360. The van der Waals surface area contributed by atoms with E-state index in [2.05, 4.69) is 170 Å². The van der Waals surface area contributed by atoms with Gasteiger partial charge in [-0.1, -0.05) is 133 Å². The largest absolute Gasteiger partial charge is 0.252 e. The van der Waals surface area contributed by atoms with Gasteiger partial charge < -0.3 is 0 Å². The molecule has 0 bridgehead atoms. The average molecular weight is 654 g/mol. The Morgan fingerprint density at radius 1 is 0.392 bits per heavy atom. The van der Waals surface area contributed by atoms with Gasteiger partial charge in [0.05, 0.1) is 52.0 Å². The van der Waals surface area contributed by atoms with Crippen LogP contribution in [0.5, 0.6) is 0 Å². The van der Waals surface area contributed by atoms with Gasteiger partial charge in [-0.3, -0.25) is 15.0 Å². The summed E-state index contributed by atoms with van der Waals surface area (Å²) in [5.74, 6) is 0.0855. The third-order valence-electron chi connectivity index (χ3n) is 10.7. The van der Waals surface area contributed by atoms with Crippen LogP contribution >= 0.6 is 0 Å². The van der Waals surface area contributed by atoms with Crippen LogP contribution < -0.4 is 0 Å². The van der Waals surface area contributed by atoms with Crippen LogP contribution in [-0.4, -0.2) is 17.1 Å². The SMILES string of the molecule is C1=CC(C2C(c3cc(C4=Nc5ccccc5C4c4ccccc4)cc(C4=Nc5ccccc5C4c4ccccc4)c3)=Nc3ccccc32)=CCC1. The number of hydrogen-bond donors (Lipinski definition) is 0. The molecule has 0 radical (unpaired) electrons. The second-order valence-electron chi connectivity index (χ2n) is 13.8. The van der Waals surface area contributed by atoms with E-state index in [1.165, 1.54) is 33.4 Å². The molecule has 3 atom stereocenters. The monoisotopic (exact) mass is 653 g/mol. The quantitative estimate of drug-likeness (QED) is 0.172. The molecule has 3 unspecified atom stereocenters. The molecule has 0 aromatic heterocycles. The molecule has 4 aliphatic rings. The molecule has 0 N–H and O–H groups in total. The van der Waals surface area contributed by atoms with Gasteiger partial charge in [0.25, 0.3) is 0 Å². The van der Waals surface area contributed by atoms with E-state index >= 15 is 0 Å². The normalized spacial score (nSPS) is 19.8. The van der Waals surface area contributed by atoms with Crippen molar-refractivity contribution in [2.24, 2.45) is 15.0 Å². The Labute approximate surface area is 298 Å². The highest BCUT2D eigenvalue weighted by Crippen LogP contribution is 2.47. The smallest absolute Gasteiger partial charge is 0.0675 e. The Morgan fingerprint density at radius 3 is 1.22 bits per heavy atom. The van der Waals surface area contributed by atoms with E-state index in [0.29, 0.717) is 0 Å². The van der Waals surface area contributed by atoms with Crippen LogP contribution in [-0.2, 0) is 0 Å². The van der Waals surface area contributed by atoms with E-state index < -0.39 is 0 Å². The van der Waals surface area contributed by atoms with Crippen LogP contribution in [0.4, 0.5) is 17.1 Å². The fraction of sp³-hybridized carbons (Fsp3) is 0.104. The van der Waals surface area contributed by atoms with Crippen molar-refractivity contribution in [1.82, 2.24) is 0 Å². The van der Waals surface area contributed by atoms with E-state index in [-0.39, 0.29) is 17.8 Å². The van der Waals surface area contributed by atoms with Crippen molar-refractivity contribution >= 4 is 34.2 Å². The molecular weight excluding hydrogens is 619 g/mol. The summed E-state index contributed by atoms with van der Waals surface area (Å²) in [6, 6.07) is 54.4. The maximum absolute atomic E-state index is 5.41. The zero-order valence-corrected chi connectivity index (χ0v) is 28.2. The number of para-hydroxylation sites is 3. The highest BCUT2D eigenvalue weighted by atomic mass is 14.8. The lowest BCUT2D eigenvalue weighted by Crippen LogP contribution is -2.18. The first-order chi connectivity index (χ1) is 25.3. The molecule has 0 amide bonds. The number of rotatable bonds is 6. The molecule has 0 saturated carbocycles. The van der Waals surface area contributed by atoms with Crippen LogP contribution in [0.1, 0.15) is 75.1 Å². The standard InChI is InChI=1S/C48H35N3/c1-4-16-31(17-5-1)43-37-22-10-13-25-40(37)49-46(43)34-28-35(47-44(32-18-6-2-7-19-32)38-23-11-14-26-41(38)50-47)30-36(29-34)48-45(33-20-8-3-9-21-33)39-24-12-15-27-42(39)51-48/h1-2,4-8,10-30,43-45H,3,9H2. The lowest BCUT2D eigenvalue weighted by atomic mass is 9.79. The molecule has 3 heterocycles. The van der Waals surface area contributed by atoms with Crippen molar-refractivity contribution in [2.75, 3.05) is 0 Å². The zero-order valence-electron chi connectivity index (χ0n) is 28.2. The molecule has 0 fully saturated rings. The minimum absolute atomic E-state index is 0.0145. The average Bonchev–Trinajstić information content (AvgIpc) is 3.91. The molecule has 1 aliphatic carbocycles. The summed E-state index contributed by atoms with van der Waals surface area (Å²) in [5.41, 5.74) is 17.1. The van der Waals surface area contributed by atoms with E-state index in [9.17, 15) is 0 Å². The predicted octanol–water partition coefficient (Wildman–Crippen LogP) is 11.7. The summed E-state index contributed by atoms with van der Waals surface area (Å²) in [7, 11) is 0. The number of aliphatic imine (C=N–C) groups is 3. The number of benzene rings is 6. The van der Waals surface area contributed by atoms with Gasteiger partial charge in [-0.05, 0) is 99.3 Å². The third kappa shape index (κ3) is 5.08. The summed E-state index contributed by atoms with van der Waals surface area (Å²) < 4.78 is 0. The minimum Gasteiger partial charge on any atom is -0.252 e. The fourth-order valence-electron chi connectivity index (χ4n) is 8.44. The van der Waals surface area contributed by atoms with Gasteiger partial charge in [0.1, 0.15) is 0 Å². The van der Waals surface area contributed by atoms with Gasteiger partial charge in [0.2, 0.25) is 0 Å². The van der Waals surface area contributed by atoms with Crippen molar-refractivity contribution in [3.8, 4) is 0 Å². The number of hydrogen-bond acceptors (Lipinski definition) is 3. The van der Waals surface area contributed by atoms with Gasteiger partial charge in [0.15, 0.2) is 0 Å². The highest BCUT2D eigenvalue weighted by Gasteiger charge is 2.36. The molecule has 6 aromatic rings. The second kappa shape index (κ2) is 12.3. The van der Waals surface area contributed by atoms with Crippen LogP contribution in [0.2, 0.25) is 0 Å². The number of allylic oxidation sites excluding steroid dienone is 4. The first-order valence-corrected chi connectivity index (χ1v) is 18.0. The number of fused-ring (bicyclic) bond motifs is 3. The topological polar surface area (TPSA) is 37.1 Å². The highest BCUT2D eigenvalue weighted by molar-refractivity contribution is 6.19. The molecule has 0 spiro atoms. The van der Waals surface area contributed by atoms with Gasteiger partial charge in [-0.15, -0.1) is 0 Å². The summed E-state index contributed by atoms with van der Waals surface area (Å²) in [5, 5.41) is 0. The fourth-order valence-corrected chi connectivity index (χ4v) is 8.44. The Kier molecular flexibility index (Phi) is 7.16. The van der Waals surface area contributed by atoms with Crippen LogP contribution in [0.15, 0.2) is 190 Å². The summed E-state index contributed by atoms with van der Waals surface area (Å²) in [6.07, 6.45) is 9.14. The minimum atomic E-state index is 0.0145. The van der Waals surface area contributed by atoms with Gasteiger partial charge in [-0.2, -0.15) is 0 Å². The molecule has 51 heavy (non-hydrogen) atoms. The van der Waals surface area contributed by atoms with E-state index in [1.54, 1.807) is 0 Å².